The van der Waals surface area contributed by atoms with Crippen molar-refractivity contribution in [2.24, 2.45) is 5.14 Å². The first-order valence-electron chi connectivity index (χ1n) is 5.62. The summed E-state index contributed by atoms with van der Waals surface area (Å²) in [6.07, 6.45) is 4.26. The van der Waals surface area contributed by atoms with Crippen molar-refractivity contribution in [3.8, 4) is 0 Å². The Morgan fingerprint density at radius 1 is 1.47 bits per heavy atom. The van der Waals surface area contributed by atoms with Gasteiger partial charge < -0.3 is 5.32 Å². The number of primary sulfonamides is 1. The molecule has 17 heavy (non-hydrogen) atoms. The summed E-state index contributed by atoms with van der Waals surface area (Å²) in [6.45, 7) is 2.13. The van der Waals surface area contributed by atoms with Crippen molar-refractivity contribution in [1.82, 2.24) is 10.3 Å². The van der Waals surface area contributed by atoms with E-state index < -0.39 is 10.0 Å². The van der Waals surface area contributed by atoms with Crippen LogP contribution in [0.4, 0.5) is 0 Å². The van der Waals surface area contributed by atoms with Crippen molar-refractivity contribution in [1.29, 1.82) is 0 Å². The lowest BCUT2D eigenvalue weighted by Gasteiger charge is -2.14. The molecule has 0 saturated heterocycles. The number of rotatable bonds is 6. The maximum Gasteiger partial charge on any atom is 0.239 e. The maximum absolute atomic E-state index is 11.1. The second kappa shape index (κ2) is 6.09. The zero-order valence-electron chi connectivity index (χ0n) is 10.2. The van der Waals surface area contributed by atoms with Crippen LogP contribution in [0.3, 0.4) is 0 Å². The first kappa shape index (κ1) is 14.1. The quantitative estimate of drug-likeness (QED) is 0.784. The first-order valence-corrected chi connectivity index (χ1v) is 7.17. The van der Waals surface area contributed by atoms with Gasteiger partial charge in [-0.1, -0.05) is 13.3 Å². The Bertz CT molecular complexity index is 442. The second-order valence-corrected chi connectivity index (χ2v) is 5.57. The molecule has 1 atom stereocenters. The van der Waals surface area contributed by atoms with Crippen molar-refractivity contribution in [3.05, 3.63) is 24.0 Å². The average molecular weight is 257 g/mol. The molecule has 0 bridgehead atoms. The summed E-state index contributed by atoms with van der Waals surface area (Å²) in [5, 5.41) is 8.22. The minimum atomic E-state index is -3.64. The Morgan fingerprint density at radius 2 is 2.18 bits per heavy atom. The number of sulfonamides is 1. The fraction of sp³-hybridized carbons (Fsp3) is 0.545. The third kappa shape index (κ3) is 4.41. The van der Waals surface area contributed by atoms with Crippen molar-refractivity contribution in [3.63, 3.8) is 0 Å². The summed E-state index contributed by atoms with van der Waals surface area (Å²) in [6, 6.07) is 3.57. The third-order valence-electron chi connectivity index (χ3n) is 2.63. The summed E-state index contributed by atoms with van der Waals surface area (Å²) in [5.41, 5.74) is 0.866. The minimum Gasteiger partial charge on any atom is -0.317 e. The molecule has 1 unspecified atom stereocenters. The number of nitrogens with two attached hydrogens (primary N) is 1. The molecule has 0 aliphatic heterocycles. The van der Waals surface area contributed by atoms with Crippen LogP contribution >= 0.6 is 0 Å². The zero-order chi connectivity index (χ0) is 12.9. The number of nitrogens with one attached hydrogen (secondary N) is 1. The van der Waals surface area contributed by atoms with Crippen molar-refractivity contribution < 1.29 is 8.42 Å². The standard InChI is InChI=1S/C11H19N3O2S/c1-3-4-9(13-2)7-10-5-6-11(8-14-10)17(12,15)16/h5-6,8-9,13H,3-4,7H2,1-2H3,(H2,12,15,16). The molecule has 1 aromatic heterocycles. The summed E-state index contributed by atoms with van der Waals surface area (Å²) < 4.78 is 22.1. The largest absolute Gasteiger partial charge is 0.317 e. The Labute approximate surface area is 102 Å². The van der Waals surface area contributed by atoms with Gasteiger partial charge in [0.05, 0.1) is 0 Å². The van der Waals surface area contributed by atoms with Crippen LogP contribution < -0.4 is 10.5 Å². The fourth-order valence-corrected chi connectivity index (χ4v) is 2.11. The van der Waals surface area contributed by atoms with E-state index in [9.17, 15) is 8.42 Å². The molecule has 0 saturated carbocycles. The second-order valence-electron chi connectivity index (χ2n) is 4.01. The van der Waals surface area contributed by atoms with Crippen molar-refractivity contribution >= 4 is 10.0 Å². The van der Waals surface area contributed by atoms with E-state index in [4.69, 9.17) is 5.14 Å². The zero-order valence-corrected chi connectivity index (χ0v) is 11.0. The molecular formula is C11H19N3O2S. The molecule has 0 amide bonds. The molecule has 0 aromatic carbocycles. The number of nitrogens with zero attached hydrogens (tertiary/aromatic N) is 1. The van der Waals surface area contributed by atoms with Gasteiger partial charge in [0, 0.05) is 24.4 Å². The molecule has 96 valence electrons. The molecule has 0 radical (unpaired) electrons. The topological polar surface area (TPSA) is 85.1 Å². The van der Waals surface area contributed by atoms with E-state index in [1.54, 1.807) is 6.07 Å². The Balaban J connectivity index is 2.74. The lowest BCUT2D eigenvalue weighted by molar-refractivity contribution is 0.508. The lowest BCUT2D eigenvalue weighted by atomic mass is 10.1. The average Bonchev–Trinajstić information content (AvgIpc) is 2.28. The number of pyridine rings is 1. The van der Waals surface area contributed by atoms with E-state index in [-0.39, 0.29) is 4.90 Å². The van der Waals surface area contributed by atoms with Gasteiger partial charge in [0.2, 0.25) is 10.0 Å². The molecule has 1 aromatic rings. The van der Waals surface area contributed by atoms with E-state index in [0.717, 1.165) is 25.0 Å². The van der Waals surface area contributed by atoms with Gasteiger partial charge in [0.25, 0.3) is 0 Å². The van der Waals surface area contributed by atoms with Gasteiger partial charge in [-0.25, -0.2) is 13.6 Å². The molecule has 3 N–H and O–H groups in total. The first-order chi connectivity index (χ1) is 7.97. The minimum absolute atomic E-state index is 0.0535. The van der Waals surface area contributed by atoms with Crippen LogP contribution in [-0.4, -0.2) is 26.5 Å². The Kier molecular flexibility index (Phi) is 5.04. The summed E-state index contributed by atoms with van der Waals surface area (Å²) in [4.78, 5) is 4.17. The van der Waals surface area contributed by atoms with Crippen LogP contribution in [0, 0.1) is 0 Å². The molecule has 5 nitrogen and oxygen atoms in total. The molecule has 1 heterocycles. The van der Waals surface area contributed by atoms with Crippen LogP contribution in [0.2, 0.25) is 0 Å². The predicted octanol–water partition coefficient (Wildman–Crippen LogP) is 0.660. The van der Waals surface area contributed by atoms with Gasteiger partial charge in [-0.05, 0) is 25.6 Å². The SMILES string of the molecule is CCCC(Cc1ccc(S(N)(=O)=O)cn1)NC. The van der Waals surface area contributed by atoms with Crippen LogP contribution in [0.15, 0.2) is 23.2 Å². The molecule has 6 heteroatoms. The Morgan fingerprint density at radius 3 is 2.59 bits per heavy atom. The van der Waals surface area contributed by atoms with Crippen molar-refractivity contribution in [2.45, 2.75) is 37.1 Å². The fourth-order valence-electron chi connectivity index (χ4n) is 1.65. The molecule has 0 spiro atoms. The van der Waals surface area contributed by atoms with E-state index in [1.807, 2.05) is 7.05 Å². The highest BCUT2D eigenvalue weighted by Gasteiger charge is 2.10. The monoisotopic (exact) mass is 257 g/mol. The Hall–Kier alpha value is -0.980. The summed E-state index contributed by atoms with van der Waals surface area (Å²) in [5.74, 6) is 0. The van der Waals surface area contributed by atoms with Crippen molar-refractivity contribution in [2.75, 3.05) is 7.05 Å². The highest BCUT2D eigenvalue weighted by atomic mass is 32.2. The van der Waals surface area contributed by atoms with E-state index >= 15 is 0 Å². The van der Waals surface area contributed by atoms with E-state index in [0.29, 0.717) is 6.04 Å². The number of hydrogen-bond acceptors (Lipinski definition) is 4. The maximum atomic E-state index is 11.1. The third-order valence-corrected chi connectivity index (χ3v) is 3.53. The smallest absolute Gasteiger partial charge is 0.239 e. The van der Waals surface area contributed by atoms with Crippen LogP contribution in [-0.2, 0) is 16.4 Å². The molecule has 0 aliphatic rings. The van der Waals surface area contributed by atoms with Gasteiger partial charge in [0.15, 0.2) is 0 Å². The number of aromatic nitrogens is 1. The van der Waals surface area contributed by atoms with Gasteiger partial charge in [-0.2, -0.15) is 0 Å². The van der Waals surface area contributed by atoms with Crippen LogP contribution in [0.1, 0.15) is 25.5 Å². The normalized spacial score (nSPS) is 13.6. The predicted molar refractivity (Wildman–Crippen MR) is 67.1 cm³/mol. The molecule has 1 rings (SSSR count). The lowest BCUT2D eigenvalue weighted by Crippen LogP contribution is -2.27. The molecular weight excluding hydrogens is 238 g/mol. The number of hydrogen-bond donors (Lipinski definition) is 2. The summed E-state index contributed by atoms with van der Waals surface area (Å²) >= 11 is 0. The summed E-state index contributed by atoms with van der Waals surface area (Å²) in [7, 11) is -1.73. The van der Waals surface area contributed by atoms with Crippen LogP contribution in [0.5, 0.6) is 0 Å². The molecule has 0 aliphatic carbocycles. The van der Waals surface area contributed by atoms with E-state index in [1.165, 1.54) is 12.3 Å². The van der Waals surface area contributed by atoms with Gasteiger partial charge in [0.1, 0.15) is 4.90 Å². The van der Waals surface area contributed by atoms with Gasteiger partial charge in [-0.15, -0.1) is 0 Å². The molecule has 0 fully saturated rings. The van der Waals surface area contributed by atoms with Gasteiger partial charge in [-0.3, -0.25) is 4.98 Å². The van der Waals surface area contributed by atoms with E-state index in [2.05, 4.69) is 17.2 Å². The van der Waals surface area contributed by atoms with Gasteiger partial charge >= 0.3 is 0 Å². The van der Waals surface area contributed by atoms with Crippen LogP contribution in [0.25, 0.3) is 0 Å². The number of likely N-dealkylation sites (N-methyl/N-ethyl adjacent to an activating group) is 1. The highest BCUT2D eigenvalue weighted by Crippen LogP contribution is 2.09. The highest BCUT2D eigenvalue weighted by molar-refractivity contribution is 7.89.